The first kappa shape index (κ1) is 20.7. The number of aryl methyl sites for hydroxylation is 2. The lowest BCUT2D eigenvalue weighted by Gasteiger charge is -2.37. The largest absolute Gasteiger partial charge is 0.321 e. The van der Waals surface area contributed by atoms with Gasteiger partial charge in [-0.15, -0.1) is 5.10 Å². The van der Waals surface area contributed by atoms with Gasteiger partial charge in [0.05, 0.1) is 11.1 Å². The number of hydrogen-bond acceptors (Lipinski definition) is 5. The third-order valence-corrected chi connectivity index (χ3v) is 6.04. The van der Waals surface area contributed by atoms with E-state index in [0.29, 0.717) is 11.5 Å². The molecule has 0 saturated carbocycles. The van der Waals surface area contributed by atoms with E-state index < -0.39 is 0 Å². The van der Waals surface area contributed by atoms with Crippen LogP contribution in [-0.2, 0) is 5.54 Å². The fourth-order valence-corrected chi connectivity index (χ4v) is 4.71. The van der Waals surface area contributed by atoms with E-state index in [0.717, 1.165) is 41.8 Å². The molecule has 7 heteroatoms. The van der Waals surface area contributed by atoms with E-state index in [1.165, 1.54) is 12.0 Å². The summed E-state index contributed by atoms with van der Waals surface area (Å²) in [6, 6.07) is 5.99. The van der Waals surface area contributed by atoms with Crippen molar-refractivity contribution in [3.05, 3.63) is 51.1 Å². The highest BCUT2D eigenvalue weighted by Gasteiger charge is 2.35. The molecule has 1 aromatic carbocycles. The van der Waals surface area contributed by atoms with Crippen molar-refractivity contribution in [3.8, 4) is 0 Å². The Balaban J connectivity index is 1.94. The van der Waals surface area contributed by atoms with Crippen LogP contribution in [0, 0.1) is 19.8 Å². The summed E-state index contributed by atoms with van der Waals surface area (Å²) >= 11 is 0. The van der Waals surface area contributed by atoms with Crippen LogP contribution < -0.4 is 5.56 Å². The van der Waals surface area contributed by atoms with Gasteiger partial charge in [-0.3, -0.25) is 9.69 Å². The monoisotopic (exact) mass is 408 g/mol. The van der Waals surface area contributed by atoms with E-state index in [9.17, 15) is 4.79 Å². The van der Waals surface area contributed by atoms with Gasteiger partial charge in [0, 0.05) is 12.1 Å². The van der Waals surface area contributed by atoms with Crippen LogP contribution in [0.5, 0.6) is 0 Å². The number of H-pyrrole nitrogens is 1. The molecule has 1 N–H and O–H groups in total. The number of aromatic amines is 1. The van der Waals surface area contributed by atoms with Crippen molar-refractivity contribution in [1.29, 1.82) is 0 Å². The van der Waals surface area contributed by atoms with Crippen LogP contribution in [0.2, 0.25) is 0 Å². The average molecular weight is 409 g/mol. The van der Waals surface area contributed by atoms with Gasteiger partial charge in [-0.1, -0.05) is 18.6 Å². The number of likely N-dealkylation sites (tertiary alicyclic amines) is 1. The van der Waals surface area contributed by atoms with Crippen molar-refractivity contribution in [3.63, 3.8) is 0 Å². The molecule has 4 rings (SSSR count). The number of pyridine rings is 1. The summed E-state index contributed by atoms with van der Waals surface area (Å²) < 4.78 is 1.86. The molecular weight excluding hydrogens is 376 g/mol. The SMILES string of the molecule is Cc1cc(C)c2[nH]c(=O)c([C@@H](c3nnnn3C(C)(C)C)N3CCC[C@H](C)C3)cc2c1. The second kappa shape index (κ2) is 7.61. The van der Waals surface area contributed by atoms with Gasteiger partial charge >= 0.3 is 0 Å². The molecule has 2 atom stereocenters. The summed E-state index contributed by atoms with van der Waals surface area (Å²) in [5.74, 6) is 1.30. The van der Waals surface area contributed by atoms with Crippen LogP contribution in [0.1, 0.15) is 69.1 Å². The number of nitrogens with one attached hydrogen (secondary N) is 1. The lowest BCUT2D eigenvalue weighted by atomic mass is 9.94. The maximum Gasteiger partial charge on any atom is 0.253 e. The molecule has 0 unspecified atom stereocenters. The normalized spacial score (nSPS) is 19.3. The van der Waals surface area contributed by atoms with Crippen molar-refractivity contribution >= 4 is 10.9 Å². The zero-order valence-electron chi connectivity index (χ0n) is 18.9. The Bertz CT molecular complexity index is 1120. The minimum Gasteiger partial charge on any atom is -0.321 e. The number of rotatable bonds is 3. The maximum atomic E-state index is 13.3. The van der Waals surface area contributed by atoms with E-state index in [1.54, 1.807) is 0 Å². The van der Waals surface area contributed by atoms with Crippen molar-refractivity contribution in [2.24, 2.45) is 5.92 Å². The Hall–Kier alpha value is -2.54. The van der Waals surface area contributed by atoms with E-state index in [2.05, 4.69) is 72.2 Å². The van der Waals surface area contributed by atoms with Crippen LogP contribution in [-0.4, -0.2) is 43.2 Å². The summed E-state index contributed by atoms with van der Waals surface area (Å²) in [6.07, 6.45) is 2.32. The summed E-state index contributed by atoms with van der Waals surface area (Å²) in [7, 11) is 0. The molecule has 2 aromatic heterocycles. The number of nitrogens with zero attached hydrogens (tertiary/aromatic N) is 5. The highest BCUT2D eigenvalue weighted by atomic mass is 16.1. The quantitative estimate of drug-likeness (QED) is 0.715. The van der Waals surface area contributed by atoms with Gasteiger partial charge in [-0.05, 0) is 93.4 Å². The van der Waals surface area contributed by atoms with Gasteiger partial charge in [0.1, 0.15) is 6.04 Å². The molecule has 0 aliphatic carbocycles. The van der Waals surface area contributed by atoms with Crippen molar-refractivity contribution in [1.82, 2.24) is 30.1 Å². The maximum absolute atomic E-state index is 13.3. The summed E-state index contributed by atoms with van der Waals surface area (Å²) in [5, 5.41) is 13.7. The molecule has 1 aliphatic rings. The van der Waals surface area contributed by atoms with Gasteiger partial charge < -0.3 is 4.98 Å². The van der Waals surface area contributed by atoms with Crippen LogP contribution in [0.15, 0.2) is 23.0 Å². The molecule has 0 amide bonds. The predicted octanol–water partition coefficient (Wildman–Crippen LogP) is 3.71. The fourth-order valence-electron chi connectivity index (χ4n) is 4.71. The first-order chi connectivity index (χ1) is 14.1. The first-order valence-corrected chi connectivity index (χ1v) is 10.8. The molecule has 0 spiro atoms. The highest BCUT2D eigenvalue weighted by Crippen LogP contribution is 2.32. The molecule has 1 saturated heterocycles. The average Bonchev–Trinajstić information content (AvgIpc) is 3.13. The molecule has 0 radical (unpaired) electrons. The number of tetrazole rings is 1. The molecule has 30 heavy (non-hydrogen) atoms. The van der Waals surface area contributed by atoms with Crippen molar-refractivity contribution in [2.45, 2.75) is 66.0 Å². The number of fused-ring (bicyclic) bond motifs is 1. The molecule has 160 valence electrons. The lowest BCUT2D eigenvalue weighted by Crippen LogP contribution is -2.42. The van der Waals surface area contributed by atoms with Crippen LogP contribution >= 0.6 is 0 Å². The summed E-state index contributed by atoms with van der Waals surface area (Å²) in [5.41, 5.74) is 3.52. The van der Waals surface area contributed by atoms with Crippen molar-refractivity contribution < 1.29 is 0 Å². The first-order valence-electron chi connectivity index (χ1n) is 10.8. The molecule has 1 aliphatic heterocycles. The molecule has 0 bridgehead atoms. The Morgan fingerprint density at radius 2 is 1.97 bits per heavy atom. The topological polar surface area (TPSA) is 79.7 Å². The fraction of sp³-hybridized carbons (Fsp3) is 0.565. The smallest absolute Gasteiger partial charge is 0.253 e. The number of aromatic nitrogens is 5. The van der Waals surface area contributed by atoms with Crippen LogP contribution in [0.25, 0.3) is 10.9 Å². The Morgan fingerprint density at radius 1 is 1.20 bits per heavy atom. The van der Waals surface area contributed by atoms with Gasteiger partial charge in [0.2, 0.25) is 0 Å². The predicted molar refractivity (Wildman–Crippen MR) is 119 cm³/mol. The highest BCUT2D eigenvalue weighted by molar-refractivity contribution is 5.83. The van der Waals surface area contributed by atoms with Gasteiger partial charge in [0.15, 0.2) is 5.82 Å². The summed E-state index contributed by atoms with van der Waals surface area (Å²) in [4.78, 5) is 18.9. The minimum absolute atomic E-state index is 0.0684. The van der Waals surface area contributed by atoms with Gasteiger partial charge in [-0.2, -0.15) is 0 Å². The van der Waals surface area contributed by atoms with Crippen LogP contribution in [0.4, 0.5) is 0 Å². The molecule has 3 aromatic rings. The van der Waals surface area contributed by atoms with E-state index in [-0.39, 0.29) is 17.1 Å². The summed E-state index contributed by atoms with van der Waals surface area (Å²) in [6.45, 7) is 14.5. The molecule has 3 heterocycles. The van der Waals surface area contributed by atoms with E-state index in [1.807, 2.05) is 17.7 Å². The van der Waals surface area contributed by atoms with Gasteiger partial charge in [0.25, 0.3) is 5.56 Å². The number of hydrogen-bond donors (Lipinski definition) is 1. The molecule has 7 nitrogen and oxygen atoms in total. The molecule has 1 fully saturated rings. The zero-order chi connectivity index (χ0) is 21.6. The Morgan fingerprint density at radius 3 is 2.67 bits per heavy atom. The zero-order valence-corrected chi connectivity index (χ0v) is 18.9. The Kier molecular flexibility index (Phi) is 5.26. The van der Waals surface area contributed by atoms with E-state index >= 15 is 0 Å². The van der Waals surface area contributed by atoms with Crippen molar-refractivity contribution in [2.75, 3.05) is 13.1 Å². The Labute approximate surface area is 177 Å². The lowest BCUT2D eigenvalue weighted by molar-refractivity contribution is 0.137. The third kappa shape index (κ3) is 3.78. The van der Waals surface area contributed by atoms with E-state index in [4.69, 9.17) is 0 Å². The van der Waals surface area contributed by atoms with Crippen LogP contribution in [0.3, 0.4) is 0 Å². The third-order valence-electron chi connectivity index (χ3n) is 6.04. The molecular formula is C23H32N6O. The number of benzene rings is 1. The minimum atomic E-state index is -0.282. The van der Waals surface area contributed by atoms with Gasteiger partial charge in [-0.25, -0.2) is 4.68 Å². The standard InChI is InChI=1S/C23H32N6O/c1-14-8-7-9-28(13-14)20(21-25-26-27-29(21)23(4,5)6)18-12-17-11-15(2)10-16(3)19(17)24-22(18)30/h10-12,14,20H,7-9,13H2,1-6H3,(H,24,30)/t14-,20-/m0/s1. The number of piperidine rings is 1. The second-order valence-corrected chi connectivity index (χ2v) is 9.86. The second-order valence-electron chi connectivity index (χ2n) is 9.86.